The number of carbonyl (C=O) groups is 1. The number of halogens is 3. The van der Waals surface area contributed by atoms with Gasteiger partial charge in [0.25, 0.3) is 5.91 Å². The lowest BCUT2D eigenvalue weighted by Crippen LogP contribution is -2.26. The second-order valence-corrected chi connectivity index (χ2v) is 3.62. The normalized spacial score (nSPS) is 11.2. The fraction of sp³-hybridized carbons (Fsp3) is 0.364. The van der Waals surface area contributed by atoms with Crippen LogP contribution in [0.2, 0.25) is 0 Å². The SMILES string of the molecule is CCN(C)C(=O)c1ccc(OC(F)(F)F)c(N)c1. The molecule has 4 nitrogen and oxygen atoms in total. The highest BCUT2D eigenvalue weighted by Gasteiger charge is 2.32. The van der Waals surface area contributed by atoms with Gasteiger partial charge in [0.05, 0.1) is 5.69 Å². The molecule has 0 aliphatic rings. The number of carbonyl (C=O) groups excluding carboxylic acids is 1. The Bertz CT molecular complexity index is 446. The van der Waals surface area contributed by atoms with Gasteiger partial charge in [0.15, 0.2) is 5.75 Å². The van der Waals surface area contributed by atoms with Crippen LogP contribution in [0.4, 0.5) is 18.9 Å². The van der Waals surface area contributed by atoms with E-state index in [0.29, 0.717) is 6.54 Å². The van der Waals surface area contributed by atoms with Gasteiger partial charge >= 0.3 is 6.36 Å². The van der Waals surface area contributed by atoms with E-state index < -0.39 is 12.1 Å². The van der Waals surface area contributed by atoms with E-state index in [1.165, 1.54) is 11.0 Å². The van der Waals surface area contributed by atoms with E-state index in [9.17, 15) is 18.0 Å². The molecule has 0 spiro atoms. The van der Waals surface area contributed by atoms with E-state index >= 15 is 0 Å². The molecular formula is C11H13F3N2O2. The molecule has 0 bridgehead atoms. The summed E-state index contributed by atoms with van der Waals surface area (Å²) >= 11 is 0. The van der Waals surface area contributed by atoms with Crippen LogP contribution < -0.4 is 10.5 Å². The summed E-state index contributed by atoms with van der Waals surface area (Å²) in [5.74, 6) is -0.832. The van der Waals surface area contributed by atoms with Crippen LogP contribution in [-0.2, 0) is 0 Å². The number of ether oxygens (including phenoxy) is 1. The number of anilines is 1. The van der Waals surface area contributed by atoms with Crippen molar-refractivity contribution in [1.82, 2.24) is 4.90 Å². The maximum Gasteiger partial charge on any atom is 0.573 e. The average molecular weight is 262 g/mol. The molecule has 0 aliphatic carbocycles. The van der Waals surface area contributed by atoms with Crippen molar-refractivity contribution in [3.05, 3.63) is 23.8 Å². The first-order chi connectivity index (χ1) is 8.24. The zero-order valence-electron chi connectivity index (χ0n) is 9.91. The van der Waals surface area contributed by atoms with Crippen molar-refractivity contribution in [2.75, 3.05) is 19.3 Å². The van der Waals surface area contributed by atoms with E-state index in [2.05, 4.69) is 4.74 Å². The van der Waals surface area contributed by atoms with Crippen molar-refractivity contribution >= 4 is 11.6 Å². The molecule has 0 radical (unpaired) electrons. The average Bonchev–Trinajstić information content (AvgIpc) is 2.28. The van der Waals surface area contributed by atoms with Crippen LogP contribution in [-0.4, -0.2) is 30.8 Å². The summed E-state index contributed by atoms with van der Waals surface area (Å²) in [6, 6.07) is 3.43. The molecule has 18 heavy (non-hydrogen) atoms. The fourth-order valence-corrected chi connectivity index (χ4v) is 1.26. The summed E-state index contributed by atoms with van der Waals surface area (Å²) in [5.41, 5.74) is 5.39. The van der Waals surface area contributed by atoms with Crippen LogP contribution in [0.1, 0.15) is 17.3 Å². The number of hydrogen-bond acceptors (Lipinski definition) is 3. The lowest BCUT2D eigenvalue weighted by Gasteiger charge is -2.16. The number of nitrogens with zero attached hydrogens (tertiary/aromatic N) is 1. The predicted octanol–water partition coefficient (Wildman–Crippen LogP) is 2.26. The fourth-order valence-electron chi connectivity index (χ4n) is 1.26. The van der Waals surface area contributed by atoms with Crippen LogP contribution in [0.5, 0.6) is 5.75 Å². The van der Waals surface area contributed by atoms with Gasteiger partial charge in [0.2, 0.25) is 0 Å². The Kier molecular flexibility index (Phi) is 4.05. The van der Waals surface area contributed by atoms with E-state index in [0.717, 1.165) is 12.1 Å². The van der Waals surface area contributed by atoms with Crippen LogP contribution in [0, 0.1) is 0 Å². The van der Waals surface area contributed by atoms with Gasteiger partial charge in [-0.05, 0) is 25.1 Å². The highest BCUT2D eigenvalue weighted by atomic mass is 19.4. The third-order valence-electron chi connectivity index (χ3n) is 2.30. The highest BCUT2D eigenvalue weighted by Crippen LogP contribution is 2.29. The lowest BCUT2D eigenvalue weighted by atomic mass is 10.1. The summed E-state index contributed by atoms with van der Waals surface area (Å²) in [6.45, 7) is 2.27. The van der Waals surface area contributed by atoms with Crippen molar-refractivity contribution in [3.8, 4) is 5.75 Å². The standard InChI is InChI=1S/C11H13F3N2O2/c1-3-16(2)10(17)7-4-5-9(8(15)6-7)18-11(12,13)14/h4-6H,3,15H2,1-2H3. The largest absolute Gasteiger partial charge is 0.573 e. The van der Waals surface area contributed by atoms with Gasteiger partial charge in [0.1, 0.15) is 0 Å². The predicted molar refractivity (Wildman–Crippen MR) is 60.2 cm³/mol. The second-order valence-electron chi connectivity index (χ2n) is 3.62. The third-order valence-corrected chi connectivity index (χ3v) is 2.30. The van der Waals surface area contributed by atoms with Crippen molar-refractivity contribution in [3.63, 3.8) is 0 Å². The molecule has 0 saturated heterocycles. The molecule has 1 aromatic rings. The Balaban J connectivity index is 2.96. The number of rotatable bonds is 3. The summed E-state index contributed by atoms with van der Waals surface area (Å²) in [6.07, 6.45) is -4.81. The molecule has 1 amide bonds. The smallest absolute Gasteiger partial charge is 0.404 e. The lowest BCUT2D eigenvalue weighted by molar-refractivity contribution is -0.274. The number of amides is 1. The van der Waals surface area contributed by atoms with Gasteiger partial charge in [-0.3, -0.25) is 4.79 Å². The van der Waals surface area contributed by atoms with Crippen molar-refractivity contribution in [2.24, 2.45) is 0 Å². The molecule has 0 aliphatic heterocycles. The molecule has 0 atom stereocenters. The van der Waals surface area contributed by atoms with Gasteiger partial charge in [-0.2, -0.15) is 0 Å². The van der Waals surface area contributed by atoms with Crippen molar-refractivity contribution < 1.29 is 22.7 Å². The van der Waals surface area contributed by atoms with Crippen LogP contribution in [0.15, 0.2) is 18.2 Å². The molecule has 0 fully saturated rings. The zero-order valence-corrected chi connectivity index (χ0v) is 9.91. The number of nitrogens with two attached hydrogens (primary N) is 1. The maximum atomic E-state index is 12.0. The van der Waals surface area contributed by atoms with Crippen LogP contribution >= 0.6 is 0 Å². The minimum atomic E-state index is -4.81. The summed E-state index contributed by atoms with van der Waals surface area (Å²) in [4.78, 5) is 13.1. The van der Waals surface area contributed by atoms with Crippen LogP contribution in [0.25, 0.3) is 0 Å². The molecule has 1 aromatic carbocycles. The minimum Gasteiger partial charge on any atom is -0.404 e. The first-order valence-electron chi connectivity index (χ1n) is 5.15. The first kappa shape index (κ1) is 14.1. The Morgan fingerprint density at radius 3 is 2.50 bits per heavy atom. The highest BCUT2D eigenvalue weighted by molar-refractivity contribution is 5.95. The number of benzene rings is 1. The van der Waals surface area contributed by atoms with Gasteiger partial charge in [0, 0.05) is 19.2 Å². The zero-order chi connectivity index (χ0) is 13.9. The minimum absolute atomic E-state index is 0.214. The Labute approximate surface area is 102 Å². The van der Waals surface area contributed by atoms with Gasteiger partial charge in [-0.25, -0.2) is 0 Å². The number of hydrogen-bond donors (Lipinski definition) is 1. The van der Waals surface area contributed by atoms with E-state index in [1.807, 2.05) is 0 Å². The van der Waals surface area contributed by atoms with E-state index in [-0.39, 0.29) is 17.2 Å². The molecule has 0 saturated carbocycles. The van der Waals surface area contributed by atoms with Gasteiger partial charge < -0.3 is 15.4 Å². The molecule has 0 aromatic heterocycles. The number of nitrogen functional groups attached to an aromatic ring is 1. The topological polar surface area (TPSA) is 55.6 Å². The van der Waals surface area contributed by atoms with E-state index in [1.54, 1.807) is 14.0 Å². The molecule has 1 rings (SSSR count). The molecule has 0 heterocycles. The molecule has 2 N–H and O–H groups in total. The quantitative estimate of drug-likeness (QED) is 0.850. The third kappa shape index (κ3) is 3.54. The molecule has 0 unspecified atom stereocenters. The Hall–Kier alpha value is -1.92. The van der Waals surface area contributed by atoms with Gasteiger partial charge in [-0.1, -0.05) is 0 Å². The molecule has 100 valence electrons. The van der Waals surface area contributed by atoms with E-state index in [4.69, 9.17) is 5.73 Å². The van der Waals surface area contributed by atoms with Gasteiger partial charge in [-0.15, -0.1) is 13.2 Å². The molecular weight excluding hydrogens is 249 g/mol. The second kappa shape index (κ2) is 5.16. The summed E-state index contributed by atoms with van der Waals surface area (Å²) in [7, 11) is 1.58. The summed E-state index contributed by atoms with van der Waals surface area (Å²) < 4.78 is 39.7. The monoisotopic (exact) mass is 262 g/mol. The maximum absolute atomic E-state index is 12.0. The van der Waals surface area contributed by atoms with Crippen molar-refractivity contribution in [2.45, 2.75) is 13.3 Å². The first-order valence-corrected chi connectivity index (χ1v) is 5.15. The summed E-state index contributed by atoms with van der Waals surface area (Å²) in [5, 5.41) is 0. The Morgan fingerprint density at radius 1 is 1.44 bits per heavy atom. The Morgan fingerprint density at radius 2 is 2.06 bits per heavy atom. The number of alkyl halides is 3. The van der Waals surface area contributed by atoms with Crippen molar-refractivity contribution in [1.29, 1.82) is 0 Å². The molecule has 7 heteroatoms. The van der Waals surface area contributed by atoms with Crippen LogP contribution in [0.3, 0.4) is 0 Å².